The van der Waals surface area contributed by atoms with Crippen LogP contribution in [0.15, 0.2) is 12.5 Å². The van der Waals surface area contributed by atoms with E-state index in [4.69, 9.17) is 0 Å². The van der Waals surface area contributed by atoms with Gasteiger partial charge in [-0.2, -0.15) is 0 Å². The summed E-state index contributed by atoms with van der Waals surface area (Å²) >= 11 is 0. The van der Waals surface area contributed by atoms with Crippen LogP contribution >= 0.6 is 0 Å². The topological polar surface area (TPSA) is 35.5 Å². The first kappa shape index (κ1) is 19.1. The molecule has 5 heteroatoms. The van der Waals surface area contributed by atoms with E-state index in [2.05, 4.69) is 31.6 Å². The molecule has 2 aliphatic heterocycles. The van der Waals surface area contributed by atoms with Crippen LogP contribution in [0.4, 0.5) is 5.82 Å². The molecule has 0 bridgehead atoms. The molecule has 0 unspecified atom stereocenters. The quantitative estimate of drug-likeness (QED) is 0.793. The number of hydrogen-bond acceptors (Lipinski definition) is 5. The number of hydrogen-bond donors (Lipinski definition) is 0. The van der Waals surface area contributed by atoms with Crippen LogP contribution in [0, 0.1) is 0 Å². The second-order valence-electron chi connectivity index (χ2n) is 8.70. The van der Waals surface area contributed by atoms with E-state index in [1.165, 1.54) is 82.5 Å². The minimum Gasteiger partial charge on any atom is -0.356 e. The van der Waals surface area contributed by atoms with Crippen LogP contribution < -0.4 is 4.90 Å². The van der Waals surface area contributed by atoms with Gasteiger partial charge >= 0.3 is 0 Å². The summed E-state index contributed by atoms with van der Waals surface area (Å²) in [5.41, 5.74) is 1.32. The van der Waals surface area contributed by atoms with E-state index in [1.807, 2.05) is 6.20 Å². The van der Waals surface area contributed by atoms with Crippen molar-refractivity contribution in [1.82, 2.24) is 19.8 Å². The van der Waals surface area contributed by atoms with E-state index >= 15 is 0 Å². The molecule has 1 aliphatic carbocycles. The molecule has 0 radical (unpaired) electrons. The summed E-state index contributed by atoms with van der Waals surface area (Å²) in [6, 6.07) is 1.66. The van der Waals surface area contributed by atoms with E-state index in [9.17, 15) is 0 Å². The van der Waals surface area contributed by atoms with Crippen molar-refractivity contribution in [3.63, 3.8) is 0 Å². The molecule has 1 aromatic rings. The molecular weight excluding hydrogens is 334 g/mol. The Morgan fingerprint density at radius 2 is 1.48 bits per heavy atom. The first-order valence-electron chi connectivity index (χ1n) is 11.4. The number of piperazine rings is 1. The molecular formula is C22H37N5. The van der Waals surface area contributed by atoms with Crippen LogP contribution in [-0.2, 0) is 6.42 Å². The van der Waals surface area contributed by atoms with Crippen molar-refractivity contribution in [2.24, 2.45) is 0 Å². The summed E-state index contributed by atoms with van der Waals surface area (Å²) in [6.07, 6.45) is 15.8. The van der Waals surface area contributed by atoms with Crippen molar-refractivity contribution in [2.75, 3.05) is 44.2 Å². The molecule has 0 aromatic carbocycles. The summed E-state index contributed by atoms with van der Waals surface area (Å²) in [5, 5.41) is 0. The van der Waals surface area contributed by atoms with Gasteiger partial charge < -0.3 is 4.90 Å². The van der Waals surface area contributed by atoms with Crippen LogP contribution in [0.2, 0.25) is 0 Å². The smallest absolute Gasteiger partial charge is 0.135 e. The normalized spacial score (nSPS) is 24.4. The van der Waals surface area contributed by atoms with Crippen LogP contribution in [-0.4, -0.2) is 71.1 Å². The number of rotatable bonds is 5. The lowest BCUT2D eigenvalue weighted by molar-refractivity contribution is 0.0499. The molecule has 1 saturated carbocycles. The Labute approximate surface area is 165 Å². The van der Waals surface area contributed by atoms with Crippen molar-refractivity contribution in [2.45, 2.75) is 76.8 Å². The number of aromatic nitrogens is 2. The monoisotopic (exact) mass is 371 g/mol. The van der Waals surface area contributed by atoms with E-state index in [0.717, 1.165) is 38.0 Å². The molecule has 1 aromatic heterocycles. The molecule has 3 aliphatic rings. The largest absolute Gasteiger partial charge is 0.356 e. The maximum atomic E-state index is 4.61. The zero-order valence-electron chi connectivity index (χ0n) is 17.2. The van der Waals surface area contributed by atoms with Crippen LogP contribution in [0.25, 0.3) is 0 Å². The van der Waals surface area contributed by atoms with Gasteiger partial charge in [0.1, 0.15) is 12.1 Å². The van der Waals surface area contributed by atoms with E-state index in [0.29, 0.717) is 0 Å². The molecule has 0 N–H and O–H groups in total. The fourth-order valence-corrected chi connectivity index (χ4v) is 5.44. The number of piperidine rings is 1. The Morgan fingerprint density at radius 3 is 2.11 bits per heavy atom. The maximum absolute atomic E-state index is 4.61. The molecule has 2 saturated heterocycles. The van der Waals surface area contributed by atoms with Gasteiger partial charge in [0.2, 0.25) is 0 Å². The molecule has 5 nitrogen and oxygen atoms in total. The van der Waals surface area contributed by atoms with Crippen molar-refractivity contribution in [1.29, 1.82) is 0 Å². The maximum Gasteiger partial charge on any atom is 0.135 e. The summed E-state index contributed by atoms with van der Waals surface area (Å²) in [7, 11) is 0. The Kier molecular flexibility index (Phi) is 6.61. The molecule has 4 rings (SSSR count). The predicted molar refractivity (Wildman–Crippen MR) is 111 cm³/mol. The second-order valence-corrected chi connectivity index (χ2v) is 8.70. The Morgan fingerprint density at radius 1 is 0.852 bits per heavy atom. The summed E-state index contributed by atoms with van der Waals surface area (Å²) < 4.78 is 0. The first-order chi connectivity index (χ1) is 13.3. The lowest BCUT2D eigenvalue weighted by atomic mass is 9.93. The van der Waals surface area contributed by atoms with E-state index < -0.39 is 0 Å². The third-order valence-corrected chi connectivity index (χ3v) is 7.00. The highest BCUT2D eigenvalue weighted by atomic mass is 15.3. The van der Waals surface area contributed by atoms with Crippen molar-refractivity contribution in [3.05, 3.63) is 18.1 Å². The third kappa shape index (κ3) is 4.62. The zero-order valence-corrected chi connectivity index (χ0v) is 17.2. The first-order valence-corrected chi connectivity index (χ1v) is 11.4. The second kappa shape index (κ2) is 9.33. The highest BCUT2D eigenvalue weighted by molar-refractivity contribution is 5.45. The molecule has 0 atom stereocenters. The van der Waals surface area contributed by atoms with Gasteiger partial charge in [-0.3, -0.25) is 9.80 Å². The van der Waals surface area contributed by atoms with Gasteiger partial charge in [-0.25, -0.2) is 9.97 Å². The van der Waals surface area contributed by atoms with Gasteiger partial charge in [0.25, 0.3) is 0 Å². The highest BCUT2D eigenvalue weighted by Gasteiger charge is 2.30. The van der Waals surface area contributed by atoms with Crippen LogP contribution in [0.1, 0.15) is 63.9 Å². The number of nitrogens with zero attached hydrogens (tertiary/aromatic N) is 5. The van der Waals surface area contributed by atoms with Crippen molar-refractivity contribution >= 4 is 5.82 Å². The summed E-state index contributed by atoms with van der Waals surface area (Å²) in [6.45, 7) is 9.64. The van der Waals surface area contributed by atoms with E-state index in [1.54, 1.807) is 6.33 Å². The average Bonchev–Trinajstić information content (AvgIpc) is 2.75. The van der Waals surface area contributed by atoms with Gasteiger partial charge in [0.15, 0.2) is 0 Å². The third-order valence-electron chi connectivity index (χ3n) is 7.00. The predicted octanol–water partition coefficient (Wildman–Crippen LogP) is 3.35. The molecule has 3 fully saturated rings. The summed E-state index contributed by atoms with van der Waals surface area (Å²) in [4.78, 5) is 16.9. The molecule has 27 heavy (non-hydrogen) atoms. The number of anilines is 1. The lowest BCUT2D eigenvalue weighted by Crippen LogP contribution is -2.55. The lowest BCUT2D eigenvalue weighted by Gasteiger charge is -2.45. The van der Waals surface area contributed by atoms with Crippen molar-refractivity contribution in [3.8, 4) is 0 Å². The number of aryl methyl sites for hydroxylation is 1. The Hall–Kier alpha value is -1.20. The van der Waals surface area contributed by atoms with Crippen LogP contribution in [0.3, 0.4) is 0 Å². The Balaban J connectivity index is 1.26. The molecule has 150 valence electrons. The minimum atomic E-state index is 0.770. The van der Waals surface area contributed by atoms with Crippen LogP contribution in [0.5, 0.6) is 0 Å². The van der Waals surface area contributed by atoms with Gasteiger partial charge in [-0.1, -0.05) is 32.6 Å². The molecule has 0 spiro atoms. The fourth-order valence-electron chi connectivity index (χ4n) is 5.44. The molecule has 3 heterocycles. The van der Waals surface area contributed by atoms with Gasteiger partial charge in [-0.15, -0.1) is 0 Å². The zero-order chi connectivity index (χ0) is 18.5. The van der Waals surface area contributed by atoms with Gasteiger partial charge in [-0.05, 0) is 32.1 Å². The average molecular weight is 372 g/mol. The highest BCUT2D eigenvalue weighted by Crippen LogP contribution is 2.27. The minimum absolute atomic E-state index is 0.770. The fraction of sp³-hybridized carbons (Fsp3) is 0.818. The summed E-state index contributed by atoms with van der Waals surface area (Å²) in [5.74, 6) is 1.19. The standard InChI is InChI=1S/C22H37N5/c1-2-6-19-17-23-18-24-22(19)27-11-9-21(10-12-27)26-15-13-25(14-16-26)20-7-4-3-5-8-20/h17-18,20-21H,2-16H2,1H3. The Bertz CT molecular complexity index is 570. The molecule has 0 amide bonds. The van der Waals surface area contributed by atoms with Gasteiger partial charge in [0.05, 0.1) is 0 Å². The van der Waals surface area contributed by atoms with E-state index in [-0.39, 0.29) is 0 Å². The van der Waals surface area contributed by atoms with Gasteiger partial charge in [0, 0.05) is 63.1 Å². The SMILES string of the molecule is CCCc1cncnc1N1CCC(N2CCN(C3CCCCC3)CC2)CC1. The van der Waals surface area contributed by atoms with Crippen molar-refractivity contribution < 1.29 is 0 Å².